The molecule has 0 aromatic carbocycles. The summed E-state index contributed by atoms with van der Waals surface area (Å²) in [5.41, 5.74) is 5.37. The predicted molar refractivity (Wildman–Crippen MR) is 50.0 cm³/mol. The van der Waals surface area contributed by atoms with Crippen LogP contribution in [0.1, 0.15) is 32.1 Å². The fraction of sp³-hybridized carbons (Fsp3) is 1.00. The Balaban J connectivity index is 2.50. The van der Waals surface area contributed by atoms with E-state index >= 15 is 0 Å². The monoisotopic (exact) mass is 209 g/mol. The number of halogens is 3. The van der Waals surface area contributed by atoms with Crippen molar-refractivity contribution >= 4 is 0 Å². The van der Waals surface area contributed by atoms with E-state index in [1.807, 2.05) is 0 Å². The average Bonchev–Trinajstić information content (AvgIpc) is 2.20. The zero-order valence-electron chi connectivity index (χ0n) is 8.26. The second-order valence-electron chi connectivity index (χ2n) is 4.08. The quantitative estimate of drug-likeness (QED) is 0.757. The maximum absolute atomic E-state index is 13.1. The SMILES string of the molecule is NCC(C1CCCCC1)C(F)C(F)F. The lowest BCUT2D eigenvalue weighted by Crippen LogP contribution is -2.36. The van der Waals surface area contributed by atoms with Crippen molar-refractivity contribution in [2.24, 2.45) is 17.6 Å². The third kappa shape index (κ3) is 2.87. The fourth-order valence-electron chi connectivity index (χ4n) is 2.33. The highest BCUT2D eigenvalue weighted by Crippen LogP contribution is 2.33. The smallest absolute Gasteiger partial charge is 0.269 e. The van der Waals surface area contributed by atoms with Gasteiger partial charge in [-0.05, 0) is 12.5 Å². The maximum Gasteiger partial charge on any atom is 0.269 e. The van der Waals surface area contributed by atoms with E-state index in [1.165, 1.54) is 0 Å². The number of hydrogen-bond donors (Lipinski definition) is 1. The van der Waals surface area contributed by atoms with Crippen LogP contribution >= 0.6 is 0 Å². The van der Waals surface area contributed by atoms with Crippen molar-refractivity contribution < 1.29 is 13.2 Å². The minimum atomic E-state index is -2.88. The molecule has 2 unspecified atom stereocenters. The van der Waals surface area contributed by atoms with Gasteiger partial charge in [-0.2, -0.15) is 0 Å². The van der Waals surface area contributed by atoms with Crippen molar-refractivity contribution in [1.82, 2.24) is 0 Å². The van der Waals surface area contributed by atoms with Gasteiger partial charge in [-0.1, -0.05) is 32.1 Å². The topological polar surface area (TPSA) is 26.0 Å². The van der Waals surface area contributed by atoms with Crippen LogP contribution in [0.15, 0.2) is 0 Å². The minimum Gasteiger partial charge on any atom is -0.330 e. The van der Waals surface area contributed by atoms with E-state index in [0.717, 1.165) is 32.1 Å². The Morgan fingerprint density at radius 2 is 1.64 bits per heavy atom. The highest BCUT2D eigenvalue weighted by Gasteiger charge is 2.34. The van der Waals surface area contributed by atoms with Crippen LogP contribution in [0.2, 0.25) is 0 Å². The normalized spacial score (nSPS) is 23.8. The largest absolute Gasteiger partial charge is 0.330 e. The molecule has 0 radical (unpaired) electrons. The zero-order chi connectivity index (χ0) is 10.6. The lowest BCUT2D eigenvalue weighted by atomic mass is 9.78. The minimum absolute atomic E-state index is 0.0379. The standard InChI is InChI=1S/C10H18F3N/c11-9(10(12)13)8(6-14)7-4-2-1-3-5-7/h7-10H,1-6,14H2. The molecule has 0 spiro atoms. The second kappa shape index (κ2) is 5.59. The molecule has 1 aliphatic carbocycles. The Morgan fingerprint density at radius 3 is 2.07 bits per heavy atom. The van der Waals surface area contributed by atoms with Gasteiger partial charge in [-0.25, -0.2) is 13.2 Å². The van der Waals surface area contributed by atoms with Crippen molar-refractivity contribution in [3.63, 3.8) is 0 Å². The van der Waals surface area contributed by atoms with Crippen LogP contribution in [0.3, 0.4) is 0 Å². The molecule has 0 aliphatic heterocycles. The lowest BCUT2D eigenvalue weighted by Gasteiger charge is -2.31. The van der Waals surface area contributed by atoms with Crippen molar-refractivity contribution in [3.8, 4) is 0 Å². The molecular formula is C10H18F3N. The molecule has 14 heavy (non-hydrogen) atoms. The number of nitrogens with two attached hydrogens (primary N) is 1. The molecule has 0 saturated heterocycles. The van der Waals surface area contributed by atoms with Gasteiger partial charge in [-0.3, -0.25) is 0 Å². The fourth-order valence-corrected chi connectivity index (χ4v) is 2.33. The maximum atomic E-state index is 13.1. The number of hydrogen-bond acceptors (Lipinski definition) is 1. The molecule has 2 atom stereocenters. The van der Waals surface area contributed by atoms with E-state index in [0.29, 0.717) is 0 Å². The van der Waals surface area contributed by atoms with Crippen molar-refractivity contribution in [3.05, 3.63) is 0 Å². The summed E-state index contributed by atoms with van der Waals surface area (Å²) in [5, 5.41) is 0. The van der Waals surface area contributed by atoms with E-state index < -0.39 is 18.5 Å². The molecule has 0 aromatic rings. The molecule has 1 rings (SSSR count). The van der Waals surface area contributed by atoms with Gasteiger partial charge in [0.15, 0.2) is 6.17 Å². The van der Waals surface area contributed by atoms with Gasteiger partial charge in [0.1, 0.15) is 0 Å². The molecule has 0 aromatic heterocycles. The van der Waals surface area contributed by atoms with Crippen LogP contribution in [-0.4, -0.2) is 19.1 Å². The Hall–Kier alpha value is -0.250. The first-order chi connectivity index (χ1) is 6.66. The molecule has 4 heteroatoms. The lowest BCUT2D eigenvalue weighted by molar-refractivity contribution is -0.00429. The summed E-state index contributed by atoms with van der Waals surface area (Å²) in [7, 11) is 0. The Kier molecular flexibility index (Phi) is 4.72. The van der Waals surface area contributed by atoms with E-state index in [4.69, 9.17) is 5.73 Å². The van der Waals surface area contributed by atoms with Crippen LogP contribution < -0.4 is 5.73 Å². The first kappa shape index (κ1) is 11.8. The summed E-state index contributed by atoms with van der Waals surface area (Å²) in [6.45, 7) is 0.0379. The highest BCUT2D eigenvalue weighted by atomic mass is 19.3. The van der Waals surface area contributed by atoms with E-state index in [9.17, 15) is 13.2 Å². The van der Waals surface area contributed by atoms with E-state index in [1.54, 1.807) is 0 Å². The number of rotatable bonds is 4. The molecule has 0 bridgehead atoms. The summed E-state index contributed by atoms with van der Waals surface area (Å²) >= 11 is 0. The van der Waals surface area contributed by atoms with Crippen molar-refractivity contribution in [2.45, 2.75) is 44.7 Å². The van der Waals surface area contributed by atoms with Crippen LogP contribution in [0.5, 0.6) is 0 Å². The molecule has 84 valence electrons. The first-order valence-corrected chi connectivity index (χ1v) is 5.29. The summed E-state index contributed by atoms with van der Waals surface area (Å²) in [5.74, 6) is -0.576. The van der Waals surface area contributed by atoms with Gasteiger partial charge in [0.25, 0.3) is 6.43 Å². The summed E-state index contributed by atoms with van der Waals surface area (Å²) in [6, 6.07) is 0. The molecule has 1 aliphatic rings. The Labute approximate surface area is 82.9 Å². The second-order valence-corrected chi connectivity index (χ2v) is 4.08. The Bertz CT molecular complexity index is 157. The van der Waals surface area contributed by atoms with Crippen LogP contribution in [0.25, 0.3) is 0 Å². The Morgan fingerprint density at radius 1 is 1.07 bits per heavy atom. The van der Waals surface area contributed by atoms with Crippen LogP contribution in [0.4, 0.5) is 13.2 Å². The van der Waals surface area contributed by atoms with Crippen molar-refractivity contribution in [2.75, 3.05) is 6.54 Å². The van der Waals surface area contributed by atoms with Gasteiger partial charge in [-0.15, -0.1) is 0 Å². The van der Waals surface area contributed by atoms with Gasteiger partial charge in [0, 0.05) is 5.92 Å². The van der Waals surface area contributed by atoms with E-state index in [-0.39, 0.29) is 12.5 Å². The molecule has 0 heterocycles. The van der Waals surface area contributed by atoms with Crippen LogP contribution in [-0.2, 0) is 0 Å². The third-order valence-electron chi connectivity index (χ3n) is 3.18. The van der Waals surface area contributed by atoms with Crippen molar-refractivity contribution in [1.29, 1.82) is 0 Å². The average molecular weight is 209 g/mol. The molecule has 1 nitrogen and oxygen atoms in total. The summed E-state index contributed by atoms with van der Waals surface area (Å²) < 4.78 is 37.5. The zero-order valence-corrected chi connectivity index (χ0v) is 8.26. The van der Waals surface area contributed by atoms with Gasteiger partial charge >= 0.3 is 0 Å². The molecule has 2 N–H and O–H groups in total. The molecule has 1 fully saturated rings. The summed E-state index contributed by atoms with van der Waals surface area (Å²) in [4.78, 5) is 0. The van der Waals surface area contributed by atoms with Gasteiger partial charge in [0.05, 0.1) is 0 Å². The third-order valence-corrected chi connectivity index (χ3v) is 3.18. The summed E-state index contributed by atoms with van der Waals surface area (Å²) in [6.07, 6.45) is -0.0221. The molecule has 1 saturated carbocycles. The highest BCUT2D eigenvalue weighted by molar-refractivity contribution is 4.81. The predicted octanol–water partition coefficient (Wildman–Crippen LogP) is 2.74. The molecular weight excluding hydrogens is 191 g/mol. The first-order valence-electron chi connectivity index (χ1n) is 5.29. The van der Waals surface area contributed by atoms with Crippen LogP contribution in [0, 0.1) is 11.8 Å². The molecule has 0 amide bonds. The van der Waals surface area contributed by atoms with E-state index in [2.05, 4.69) is 0 Å². The number of alkyl halides is 3. The van der Waals surface area contributed by atoms with Gasteiger partial charge in [0.2, 0.25) is 0 Å². The van der Waals surface area contributed by atoms with Gasteiger partial charge < -0.3 is 5.73 Å².